The van der Waals surface area contributed by atoms with Crippen LogP contribution in [0.25, 0.3) is 0 Å². The van der Waals surface area contributed by atoms with Crippen LogP contribution in [0.15, 0.2) is 97.1 Å². The van der Waals surface area contributed by atoms with E-state index in [0.717, 1.165) is 11.5 Å². The van der Waals surface area contributed by atoms with Crippen molar-refractivity contribution in [2.24, 2.45) is 47.3 Å². The monoisotopic (exact) mass is 886 g/mol. The van der Waals surface area contributed by atoms with E-state index in [1.54, 1.807) is 0 Å². The van der Waals surface area contributed by atoms with Crippen molar-refractivity contribution in [2.75, 3.05) is 14.2 Å². The fourth-order valence-electron chi connectivity index (χ4n) is 12.5. The second-order valence-corrected chi connectivity index (χ2v) is 18.3. The summed E-state index contributed by atoms with van der Waals surface area (Å²) >= 11 is 4.75. The Balaban J connectivity index is 0.957. The lowest BCUT2D eigenvalue weighted by atomic mass is 9.52. The molecule has 0 radical (unpaired) electrons. The summed E-state index contributed by atoms with van der Waals surface area (Å²) < 4.78 is 29.5. The Morgan fingerprint density at radius 1 is 0.440 bits per heavy atom. The number of ether oxygens (including phenoxy) is 4. The maximum Gasteiger partial charge on any atom is 0.127 e. The molecular weight excluding hydrogens is 846 g/mol. The molecule has 254 valence electrons. The quantitative estimate of drug-likeness (QED) is 0.167. The van der Waals surface area contributed by atoms with Gasteiger partial charge in [-0.1, -0.05) is 72.9 Å². The molecule has 8 bridgehead atoms. The average molecular weight is 887 g/mol. The predicted molar refractivity (Wildman–Crippen MR) is 210 cm³/mol. The maximum absolute atomic E-state index is 6.85. The molecule has 2 unspecified atom stereocenters. The van der Waals surface area contributed by atoms with E-state index < -0.39 is 0 Å². The highest BCUT2D eigenvalue weighted by molar-refractivity contribution is 14.1. The minimum absolute atomic E-state index is 0.213. The number of rotatable bonds is 8. The van der Waals surface area contributed by atoms with Gasteiger partial charge < -0.3 is 18.9 Å². The van der Waals surface area contributed by atoms with Crippen molar-refractivity contribution in [3.8, 4) is 11.5 Å². The number of hydrogen-bond donors (Lipinski definition) is 0. The molecule has 13 rings (SSSR count). The van der Waals surface area contributed by atoms with Crippen LogP contribution in [0.3, 0.4) is 0 Å². The van der Waals surface area contributed by atoms with E-state index in [9.17, 15) is 0 Å². The van der Waals surface area contributed by atoms with E-state index in [4.69, 9.17) is 18.9 Å². The van der Waals surface area contributed by atoms with Gasteiger partial charge >= 0.3 is 0 Å². The molecule has 14 atom stereocenters. The van der Waals surface area contributed by atoms with Crippen molar-refractivity contribution in [3.63, 3.8) is 0 Å². The van der Waals surface area contributed by atoms with Crippen LogP contribution in [0.1, 0.15) is 57.1 Å². The summed E-state index contributed by atoms with van der Waals surface area (Å²) in [6.07, 6.45) is 20.4. The van der Waals surface area contributed by atoms with Gasteiger partial charge in [0.25, 0.3) is 0 Å². The molecule has 3 aromatic carbocycles. The normalized spacial score (nSPS) is 39.2. The molecule has 0 heterocycles. The first-order valence-corrected chi connectivity index (χ1v) is 20.5. The highest BCUT2D eigenvalue weighted by atomic mass is 127. The lowest BCUT2D eigenvalue weighted by molar-refractivity contribution is 0.0107. The molecular formula is C44H40I2O4. The largest absolute Gasteiger partial charge is 0.496 e. The van der Waals surface area contributed by atoms with Crippen molar-refractivity contribution >= 4 is 45.2 Å². The molecule has 3 aromatic rings. The lowest BCUT2D eigenvalue weighted by Crippen LogP contribution is -2.41. The summed E-state index contributed by atoms with van der Waals surface area (Å²) in [6.45, 7) is 1.33. The molecule has 6 heteroatoms. The molecule has 0 spiro atoms. The molecule has 4 nitrogen and oxygen atoms in total. The molecule has 0 amide bonds. The Morgan fingerprint density at radius 3 is 1.02 bits per heavy atom. The number of hydrogen-bond acceptors (Lipinski definition) is 4. The van der Waals surface area contributed by atoms with Gasteiger partial charge in [-0.2, -0.15) is 0 Å². The second kappa shape index (κ2) is 11.5. The van der Waals surface area contributed by atoms with Gasteiger partial charge in [-0.15, -0.1) is 0 Å². The van der Waals surface area contributed by atoms with Gasteiger partial charge in [0, 0.05) is 76.7 Å². The first-order valence-electron chi connectivity index (χ1n) is 18.3. The smallest absolute Gasteiger partial charge is 0.127 e. The summed E-state index contributed by atoms with van der Waals surface area (Å²) in [5.74, 6) is 7.15. The number of allylic oxidation sites excluding steroid dienone is 4. The third-order valence-corrected chi connectivity index (χ3v) is 15.5. The van der Waals surface area contributed by atoms with Crippen LogP contribution in [0.5, 0.6) is 11.5 Å². The summed E-state index contributed by atoms with van der Waals surface area (Å²) in [6, 6.07) is 17.5. The Morgan fingerprint density at radius 2 is 0.740 bits per heavy atom. The third-order valence-electron chi connectivity index (χ3n) is 14.0. The van der Waals surface area contributed by atoms with E-state index in [2.05, 4.69) is 142 Å². The zero-order valence-electron chi connectivity index (χ0n) is 28.1. The van der Waals surface area contributed by atoms with Crippen LogP contribution in [0, 0.1) is 54.5 Å². The second-order valence-electron chi connectivity index (χ2n) is 15.8. The Hall–Kier alpha value is -2.40. The minimum atomic E-state index is 0.213. The Bertz CT molecular complexity index is 1780. The molecule has 0 N–H and O–H groups in total. The SMILES string of the molecule is COc1c2c(c(OC)c3c1[C@@H]1C=C[C@H]3[C@@H]3[C@H]1[C@@H]1C=C[C@H]3C1OCc1ccc(I)cc1)[C@@H]1C=C[C@H]2[C@@H]2[C@H]1[C@@H]1C=C[C@H]2C1OCc1ccc(I)cc1. The van der Waals surface area contributed by atoms with Crippen LogP contribution < -0.4 is 9.47 Å². The van der Waals surface area contributed by atoms with Crippen LogP contribution >= 0.6 is 45.2 Å². The molecule has 0 aliphatic heterocycles. The van der Waals surface area contributed by atoms with Crippen LogP contribution in [-0.4, -0.2) is 26.4 Å². The van der Waals surface area contributed by atoms with Crippen molar-refractivity contribution < 1.29 is 18.9 Å². The topological polar surface area (TPSA) is 36.9 Å². The molecule has 2 fully saturated rings. The summed E-state index contributed by atoms with van der Waals surface area (Å²) in [5.41, 5.74) is 8.10. The van der Waals surface area contributed by atoms with Crippen molar-refractivity contribution in [1.29, 1.82) is 0 Å². The molecule has 50 heavy (non-hydrogen) atoms. The van der Waals surface area contributed by atoms with Gasteiger partial charge in [0.05, 0.1) is 39.6 Å². The van der Waals surface area contributed by atoms with Gasteiger partial charge in [-0.3, -0.25) is 0 Å². The molecule has 0 aromatic heterocycles. The summed E-state index contributed by atoms with van der Waals surface area (Å²) in [4.78, 5) is 0. The first kappa shape index (κ1) is 31.2. The minimum Gasteiger partial charge on any atom is -0.496 e. The number of fused-ring (bicyclic) bond motifs is 4. The van der Waals surface area contributed by atoms with E-state index in [1.165, 1.54) is 40.5 Å². The molecule has 10 aliphatic carbocycles. The Kier molecular flexibility index (Phi) is 7.20. The fraction of sp³-hybridized carbons (Fsp3) is 0.409. The van der Waals surface area contributed by atoms with Crippen molar-refractivity contribution in [3.05, 3.63) is 138 Å². The van der Waals surface area contributed by atoms with Crippen molar-refractivity contribution in [2.45, 2.75) is 49.1 Å². The van der Waals surface area contributed by atoms with E-state index in [0.29, 0.717) is 84.2 Å². The zero-order chi connectivity index (χ0) is 33.4. The molecule has 0 saturated heterocycles. The fourth-order valence-corrected chi connectivity index (χ4v) is 13.2. The van der Waals surface area contributed by atoms with Gasteiger partial charge in [0.1, 0.15) is 11.5 Å². The maximum atomic E-state index is 6.85. The third kappa shape index (κ3) is 4.16. The van der Waals surface area contributed by atoms with Crippen LogP contribution in [0.2, 0.25) is 0 Å². The average Bonchev–Trinajstić information content (AvgIpc) is 3.92. The zero-order valence-corrected chi connectivity index (χ0v) is 32.4. The van der Waals surface area contributed by atoms with E-state index in [1.807, 2.05) is 14.2 Å². The van der Waals surface area contributed by atoms with Crippen molar-refractivity contribution in [1.82, 2.24) is 0 Å². The highest BCUT2D eigenvalue weighted by Gasteiger charge is 2.65. The highest BCUT2D eigenvalue weighted by Crippen LogP contribution is 2.73. The number of halogens is 2. The number of benzene rings is 3. The molecule has 2 saturated carbocycles. The summed E-state index contributed by atoms with van der Waals surface area (Å²) in [5, 5.41) is 0. The van der Waals surface area contributed by atoms with Crippen LogP contribution in [0.4, 0.5) is 0 Å². The standard InChI is InChI=1S/C44H40I2O4/c1-47-43-37-25-11-13-27(35-31-17-15-29(33(25)35)41(31)49-19-21-3-7-23(45)8-4-21)39(37)44(48-2)40-28-14-12-26(38(40)43)34-30-16-18-32(36(28)34)42(30)50-20-22-5-9-24(46)10-6-22/h3-18,25-36,41-42H,19-20H2,1-2H3/t25-,26+,27+,28-,29+,30-,31-,32+,33-,34+,35+,36-,41?,42?. The lowest BCUT2D eigenvalue weighted by Gasteiger charge is -2.52. The first-order chi connectivity index (χ1) is 24.6. The summed E-state index contributed by atoms with van der Waals surface area (Å²) in [7, 11) is 3.83. The Labute approximate surface area is 321 Å². The predicted octanol–water partition coefficient (Wildman–Crippen LogP) is 9.68. The van der Waals surface area contributed by atoms with Crippen LogP contribution in [-0.2, 0) is 22.7 Å². The van der Waals surface area contributed by atoms with E-state index in [-0.39, 0.29) is 12.2 Å². The molecule has 10 aliphatic rings. The van der Waals surface area contributed by atoms with E-state index >= 15 is 0 Å². The number of methoxy groups -OCH3 is 2. The van der Waals surface area contributed by atoms with Gasteiger partial charge in [0.15, 0.2) is 0 Å². The van der Waals surface area contributed by atoms with Gasteiger partial charge in [0.2, 0.25) is 0 Å². The van der Waals surface area contributed by atoms with Gasteiger partial charge in [-0.05, 0) is 104 Å². The van der Waals surface area contributed by atoms with Gasteiger partial charge in [-0.25, -0.2) is 0 Å².